The SMILES string of the molecule is CC.CC.CC.COC(C)(C)CCC/C=C/c1cccc(C)c1. The van der Waals surface area contributed by atoms with Crippen LogP contribution < -0.4 is 0 Å². The number of rotatable bonds is 6. The largest absolute Gasteiger partial charge is 0.379 e. The van der Waals surface area contributed by atoms with Crippen molar-refractivity contribution in [3.8, 4) is 0 Å². The van der Waals surface area contributed by atoms with Gasteiger partial charge in [-0.05, 0) is 45.6 Å². The lowest BCUT2D eigenvalue weighted by molar-refractivity contribution is 0.0141. The molecule has 0 unspecified atom stereocenters. The van der Waals surface area contributed by atoms with E-state index < -0.39 is 0 Å². The molecule has 1 rings (SSSR count). The van der Waals surface area contributed by atoms with Crippen molar-refractivity contribution in [2.24, 2.45) is 0 Å². The van der Waals surface area contributed by atoms with Crippen LogP contribution >= 0.6 is 0 Å². The van der Waals surface area contributed by atoms with Crippen LogP contribution in [0.2, 0.25) is 0 Å². The molecule has 0 aliphatic rings. The fraction of sp³-hybridized carbons (Fsp3) is 0.636. The van der Waals surface area contributed by atoms with E-state index in [2.05, 4.69) is 57.2 Å². The molecule has 1 nitrogen and oxygen atoms in total. The van der Waals surface area contributed by atoms with Crippen molar-refractivity contribution < 1.29 is 4.74 Å². The second-order valence-electron chi connectivity index (χ2n) is 5.17. The fourth-order valence-corrected chi connectivity index (χ4v) is 1.74. The molecule has 0 amide bonds. The first-order chi connectivity index (χ1) is 11.0. The van der Waals surface area contributed by atoms with Gasteiger partial charge in [0, 0.05) is 7.11 Å². The van der Waals surface area contributed by atoms with Gasteiger partial charge in [0.15, 0.2) is 0 Å². The van der Waals surface area contributed by atoms with Crippen LogP contribution in [0, 0.1) is 6.92 Å². The zero-order valence-corrected chi connectivity index (χ0v) is 17.5. The van der Waals surface area contributed by atoms with Gasteiger partial charge >= 0.3 is 0 Å². The lowest BCUT2D eigenvalue weighted by Gasteiger charge is -2.22. The third-order valence-electron chi connectivity index (χ3n) is 3.05. The Morgan fingerprint density at radius 2 is 1.57 bits per heavy atom. The van der Waals surface area contributed by atoms with Crippen LogP contribution in [-0.2, 0) is 4.74 Å². The smallest absolute Gasteiger partial charge is 0.0622 e. The van der Waals surface area contributed by atoms with Crippen LogP contribution in [0.5, 0.6) is 0 Å². The molecule has 0 aliphatic carbocycles. The van der Waals surface area contributed by atoms with Crippen molar-refractivity contribution in [3.05, 3.63) is 41.5 Å². The monoisotopic (exact) mass is 322 g/mol. The van der Waals surface area contributed by atoms with E-state index in [0.29, 0.717) is 0 Å². The van der Waals surface area contributed by atoms with Gasteiger partial charge in [0.05, 0.1) is 5.60 Å². The summed E-state index contributed by atoms with van der Waals surface area (Å²) in [5, 5.41) is 0. The van der Waals surface area contributed by atoms with Gasteiger partial charge in [-0.15, -0.1) is 0 Å². The minimum atomic E-state index is 0.0111. The Labute approximate surface area is 147 Å². The van der Waals surface area contributed by atoms with Crippen molar-refractivity contribution in [1.82, 2.24) is 0 Å². The molecule has 0 aromatic heterocycles. The Balaban J connectivity index is -0.000000595. The highest BCUT2D eigenvalue weighted by molar-refractivity contribution is 5.49. The Kier molecular flexibility index (Phi) is 22.1. The van der Waals surface area contributed by atoms with Crippen molar-refractivity contribution in [2.75, 3.05) is 7.11 Å². The van der Waals surface area contributed by atoms with E-state index in [4.69, 9.17) is 4.74 Å². The summed E-state index contributed by atoms with van der Waals surface area (Å²) in [5.41, 5.74) is 2.61. The first-order valence-corrected chi connectivity index (χ1v) is 9.32. The lowest BCUT2D eigenvalue weighted by atomic mass is 10.0. The number of allylic oxidation sites excluding steroid dienone is 1. The maximum Gasteiger partial charge on any atom is 0.0622 e. The van der Waals surface area contributed by atoms with Gasteiger partial charge in [-0.25, -0.2) is 0 Å². The standard InChI is InChI=1S/C16H24O.3C2H6/c1-14-9-8-11-15(13-14)10-6-5-7-12-16(2,3)17-4;3*1-2/h6,8-11,13H,5,7,12H2,1-4H3;3*1-2H3/b10-6+;;;. The van der Waals surface area contributed by atoms with Gasteiger partial charge in [-0.3, -0.25) is 0 Å². The van der Waals surface area contributed by atoms with Crippen molar-refractivity contribution >= 4 is 6.08 Å². The van der Waals surface area contributed by atoms with Crippen LogP contribution in [-0.4, -0.2) is 12.7 Å². The molecular formula is C22H42O. The number of aryl methyl sites for hydroxylation is 1. The predicted molar refractivity (Wildman–Crippen MR) is 109 cm³/mol. The second kappa shape index (κ2) is 19.0. The second-order valence-corrected chi connectivity index (χ2v) is 5.17. The zero-order valence-electron chi connectivity index (χ0n) is 17.5. The highest BCUT2D eigenvalue weighted by Gasteiger charge is 2.14. The highest BCUT2D eigenvalue weighted by atomic mass is 16.5. The summed E-state index contributed by atoms with van der Waals surface area (Å²) in [6, 6.07) is 8.57. The fourth-order valence-electron chi connectivity index (χ4n) is 1.74. The average molecular weight is 323 g/mol. The molecule has 136 valence electrons. The molecule has 0 spiro atoms. The van der Waals surface area contributed by atoms with Gasteiger partial charge in [-0.2, -0.15) is 0 Å². The molecule has 23 heavy (non-hydrogen) atoms. The summed E-state index contributed by atoms with van der Waals surface area (Å²) < 4.78 is 5.39. The zero-order chi connectivity index (χ0) is 18.7. The molecular weight excluding hydrogens is 280 g/mol. The van der Waals surface area contributed by atoms with Crippen LogP contribution in [0.3, 0.4) is 0 Å². The van der Waals surface area contributed by atoms with E-state index in [-0.39, 0.29) is 5.60 Å². The first-order valence-electron chi connectivity index (χ1n) is 9.32. The number of hydrogen-bond donors (Lipinski definition) is 0. The first kappa shape index (κ1) is 26.8. The van der Waals surface area contributed by atoms with Crippen LogP contribution in [0.1, 0.15) is 85.8 Å². The Hall–Kier alpha value is -1.08. The molecule has 1 heteroatoms. The van der Waals surface area contributed by atoms with Crippen molar-refractivity contribution in [2.45, 2.75) is 87.2 Å². The summed E-state index contributed by atoms with van der Waals surface area (Å²) in [5.74, 6) is 0. The summed E-state index contributed by atoms with van der Waals surface area (Å²) in [4.78, 5) is 0. The van der Waals surface area contributed by atoms with E-state index in [1.54, 1.807) is 7.11 Å². The quantitative estimate of drug-likeness (QED) is 0.488. The summed E-state index contributed by atoms with van der Waals surface area (Å²) in [7, 11) is 1.78. The number of hydrogen-bond acceptors (Lipinski definition) is 1. The van der Waals surface area contributed by atoms with E-state index in [9.17, 15) is 0 Å². The molecule has 0 radical (unpaired) electrons. The normalized spacial score (nSPS) is 9.83. The topological polar surface area (TPSA) is 9.23 Å². The average Bonchev–Trinajstić information content (AvgIpc) is 2.60. The lowest BCUT2D eigenvalue weighted by Crippen LogP contribution is -2.21. The van der Waals surface area contributed by atoms with Crippen LogP contribution in [0.15, 0.2) is 30.3 Å². The van der Waals surface area contributed by atoms with Gasteiger partial charge in [0.1, 0.15) is 0 Å². The molecule has 1 aromatic carbocycles. The number of ether oxygens (including phenoxy) is 1. The molecule has 0 saturated heterocycles. The molecule has 0 saturated carbocycles. The maximum atomic E-state index is 5.39. The Bertz CT molecular complexity index is 364. The minimum absolute atomic E-state index is 0.0111. The molecule has 0 N–H and O–H groups in total. The van der Waals surface area contributed by atoms with Crippen LogP contribution in [0.4, 0.5) is 0 Å². The molecule has 1 aromatic rings. The van der Waals surface area contributed by atoms with Crippen molar-refractivity contribution in [1.29, 1.82) is 0 Å². The van der Waals surface area contributed by atoms with Gasteiger partial charge in [-0.1, -0.05) is 83.5 Å². The predicted octanol–water partition coefficient (Wildman–Crippen LogP) is 7.68. The van der Waals surface area contributed by atoms with Gasteiger partial charge < -0.3 is 4.74 Å². The Morgan fingerprint density at radius 3 is 2.04 bits per heavy atom. The van der Waals surface area contributed by atoms with E-state index in [1.165, 1.54) is 17.5 Å². The molecule has 0 fully saturated rings. The van der Waals surface area contributed by atoms with Crippen LogP contribution in [0.25, 0.3) is 6.08 Å². The molecule has 0 aliphatic heterocycles. The Morgan fingerprint density at radius 1 is 1.00 bits per heavy atom. The van der Waals surface area contributed by atoms with E-state index in [1.807, 2.05) is 41.5 Å². The molecule has 0 atom stereocenters. The number of benzene rings is 1. The van der Waals surface area contributed by atoms with E-state index in [0.717, 1.165) is 12.8 Å². The summed E-state index contributed by atoms with van der Waals surface area (Å²) in [6.45, 7) is 18.4. The summed E-state index contributed by atoms with van der Waals surface area (Å²) >= 11 is 0. The molecule has 0 bridgehead atoms. The van der Waals surface area contributed by atoms with Crippen molar-refractivity contribution in [3.63, 3.8) is 0 Å². The van der Waals surface area contributed by atoms with E-state index >= 15 is 0 Å². The molecule has 0 heterocycles. The summed E-state index contributed by atoms with van der Waals surface area (Å²) in [6.07, 6.45) is 7.83. The number of methoxy groups -OCH3 is 1. The number of unbranched alkanes of at least 4 members (excludes halogenated alkanes) is 1. The van der Waals surface area contributed by atoms with Gasteiger partial charge in [0.2, 0.25) is 0 Å². The third kappa shape index (κ3) is 17.1. The minimum Gasteiger partial charge on any atom is -0.379 e. The van der Waals surface area contributed by atoms with Gasteiger partial charge in [0.25, 0.3) is 0 Å². The third-order valence-corrected chi connectivity index (χ3v) is 3.05. The maximum absolute atomic E-state index is 5.39. The highest BCUT2D eigenvalue weighted by Crippen LogP contribution is 2.17.